The molecule has 0 saturated heterocycles. The smallest absolute Gasteiger partial charge is 0.240 e. The zero-order chi connectivity index (χ0) is 20.6. The lowest BCUT2D eigenvalue weighted by atomic mass is 10.1. The molecule has 1 heterocycles. The van der Waals surface area contributed by atoms with Crippen LogP contribution in [0.4, 0.5) is 0 Å². The molecule has 0 aliphatic rings. The number of nitrogens with one attached hydrogen (secondary N) is 2. The average Bonchev–Trinajstić information content (AvgIpc) is 3.04. The summed E-state index contributed by atoms with van der Waals surface area (Å²) in [6.45, 7) is 10.1. The maximum atomic E-state index is 12.2. The van der Waals surface area contributed by atoms with Crippen LogP contribution in [0.1, 0.15) is 39.1 Å². The van der Waals surface area contributed by atoms with Crippen molar-refractivity contribution in [2.24, 2.45) is 4.99 Å². The number of hydrogen-bond donors (Lipinski definition) is 2. The van der Waals surface area contributed by atoms with Gasteiger partial charge in [0.1, 0.15) is 12.4 Å². The van der Waals surface area contributed by atoms with E-state index in [1.54, 1.807) is 6.20 Å². The molecule has 0 unspecified atom stereocenters. The van der Waals surface area contributed by atoms with Gasteiger partial charge in [0.2, 0.25) is 5.91 Å². The van der Waals surface area contributed by atoms with E-state index < -0.39 is 0 Å². The lowest BCUT2D eigenvalue weighted by molar-refractivity contribution is -0.122. The minimum Gasteiger partial charge on any atom is -0.357 e. The molecule has 0 bridgehead atoms. The number of amides is 1. The molecule has 29 heavy (non-hydrogen) atoms. The van der Waals surface area contributed by atoms with E-state index in [0.717, 1.165) is 18.9 Å². The zero-order valence-corrected chi connectivity index (χ0v) is 20.3. The molecule has 0 aliphatic heterocycles. The standard InChI is InChI=1S/C21H32N6O.HI/c1-6-22-20(26(5)16-19(28)25-21(2,3)4)24-14-18-23-12-13-27(18)15-17-10-8-7-9-11-17;/h7-13H,6,14-16H2,1-5H3,(H,22,24)(H,25,28);1H. The number of hydrogen-bond acceptors (Lipinski definition) is 3. The van der Waals surface area contributed by atoms with Crippen LogP contribution in [-0.2, 0) is 17.9 Å². The highest BCUT2D eigenvalue weighted by molar-refractivity contribution is 14.0. The molecule has 160 valence electrons. The molecular formula is C21H33IN6O. The predicted molar refractivity (Wildman–Crippen MR) is 129 cm³/mol. The van der Waals surface area contributed by atoms with Crippen molar-refractivity contribution >= 4 is 35.8 Å². The SMILES string of the molecule is CCNC(=NCc1nccn1Cc1ccccc1)N(C)CC(=O)NC(C)(C)C.I. The molecule has 8 heteroatoms. The maximum Gasteiger partial charge on any atom is 0.240 e. The second kappa shape index (κ2) is 11.8. The summed E-state index contributed by atoms with van der Waals surface area (Å²) >= 11 is 0. The lowest BCUT2D eigenvalue weighted by Gasteiger charge is -2.25. The number of nitrogens with zero attached hydrogens (tertiary/aromatic N) is 4. The van der Waals surface area contributed by atoms with Gasteiger partial charge in [0.05, 0.1) is 6.54 Å². The third-order valence-corrected chi connectivity index (χ3v) is 3.96. The molecule has 2 N–H and O–H groups in total. The number of rotatable bonds is 7. The summed E-state index contributed by atoms with van der Waals surface area (Å²) in [6.07, 6.45) is 3.76. The average molecular weight is 512 g/mol. The molecule has 2 rings (SSSR count). The summed E-state index contributed by atoms with van der Waals surface area (Å²) in [4.78, 5) is 23.2. The van der Waals surface area contributed by atoms with Crippen LogP contribution in [0.2, 0.25) is 0 Å². The quantitative estimate of drug-likeness (QED) is 0.340. The third kappa shape index (κ3) is 8.84. The van der Waals surface area contributed by atoms with Crippen LogP contribution in [0, 0.1) is 0 Å². The normalized spacial score (nSPS) is 11.6. The fourth-order valence-corrected chi connectivity index (χ4v) is 2.78. The monoisotopic (exact) mass is 512 g/mol. The van der Waals surface area contributed by atoms with Crippen LogP contribution < -0.4 is 10.6 Å². The number of likely N-dealkylation sites (N-methyl/N-ethyl adjacent to an activating group) is 1. The predicted octanol–water partition coefficient (Wildman–Crippen LogP) is 2.86. The van der Waals surface area contributed by atoms with E-state index in [2.05, 4.69) is 37.3 Å². The van der Waals surface area contributed by atoms with Crippen LogP contribution in [-0.4, -0.2) is 52.0 Å². The summed E-state index contributed by atoms with van der Waals surface area (Å²) in [5.41, 5.74) is 0.962. The summed E-state index contributed by atoms with van der Waals surface area (Å²) < 4.78 is 2.09. The van der Waals surface area contributed by atoms with Gasteiger partial charge in [-0.25, -0.2) is 9.98 Å². The molecule has 1 aromatic carbocycles. The van der Waals surface area contributed by atoms with Gasteiger partial charge in [0, 0.05) is 38.1 Å². The Kier molecular flexibility index (Phi) is 10.1. The van der Waals surface area contributed by atoms with Crippen molar-refractivity contribution < 1.29 is 4.79 Å². The van der Waals surface area contributed by atoms with E-state index in [4.69, 9.17) is 0 Å². The molecule has 1 aromatic heterocycles. The lowest BCUT2D eigenvalue weighted by Crippen LogP contribution is -2.48. The second-order valence-electron chi connectivity index (χ2n) is 7.78. The summed E-state index contributed by atoms with van der Waals surface area (Å²) in [7, 11) is 1.86. The Morgan fingerprint density at radius 2 is 1.93 bits per heavy atom. The minimum atomic E-state index is -0.254. The topological polar surface area (TPSA) is 74.5 Å². The first kappa shape index (κ1) is 24.9. The first-order chi connectivity index (χ1) is 13.3. The number of imidazole rings is 1. The Bertz CT molecular complexity index is 782. The van der Waals surface area contributed by atoms with E-state index in [-0.39, 0.29) is 42.0 Å². The van der Waals surface area contributed by atoms with Crippen LogP contribution >= 0.6 is 24.0 Å². The van der Waals surface area contributed by atoms with E-state index >= 15 is 0 Å². The van der Waals surface area contributed by atoms with Gasteiger partial charge in [0.25, 0.3) is 0 Å². The van der Waals surface area contributed by atoms with Crippen molar-refractivity contribution in [3.05, 3.63) is 54.1 Å². The molecule has 1 amide bonds. The van der Waals surface area contributed by atoms with E-state index in [1.807, 2.05) is 64.0 Å². The summed E-state index contributed by atoms with van der Waals surface area (Å²) in [5.74, 6) is 1.53. The van der Waals surface area contributed by atoms with Gasteiger partial charge in [-0.05, 0) is 33.3 Å². The highest BCUT2D eigenvalue weighted by atomic mass is 127. The second-order valence-corrected chi connectivity index (χ2v) is 7.78. The Morgan fingerprint density at radius 3 is 2.55 bits per heavy atom. The van der Waals surface area contributed by atoms with E-state index in [0.29, 0.717) is 12.5 Å². The number of carbonyl (C=O) groups is 1. The van der Waals surface area contributed by atoms with Crippen molar-refractivity contribution in [2.45, 2.75) is 46.3 Å². The van der Waals surface area contributed by atoms with Gasteiger partial charge in [-0.15, -0.1) is 24.0 Å². The fraction of sp³-hybridized carbons (Fsp3) is 0.476. The number of guanidine groups is 1. The van der Waals surface area contributed by atoms with Crippen molar-refractivity contribution in [1.82, 2.24) is 25.1 Å². The van der Waals surface area contributed by atoms with Crippen LogP contribution in [0.25, 0.3) is 0 Å². The Hall–Kier alpha value is -2.10. The number of halogens is 1. The van der Waals surface area contributed by atoms with Crippen molar-refractivity contribution in [1.29, 1.82) is 0 Å². The van der Waals surface area contributed by atoms with Crippen molar-refractivity contribution in [2.75, 3.05) is 20.1 Å². The Labute approximate surface area is 191 Å². The largest absolute Gasteiger partial charge is 0.357 e. The highest BCUT2D eigenvalue weighted by Gasteiger charge is 2.17. The highest BCUT2D eigenvalue weighted by Crippen LogP contribution is 2.07. The molecule has 0 saturated carbocycles. The molecule has 7 nitrogen and oxygen atoms in total. The van der Waals surface area contributed by atoms with Crippen molar-refractivity contribution in [3.63, 3.8) is 0 Å². The van der Waals surface area contributed by atoms with Crippen LogP contribution in [0.3, 0.4) is 0 Å². The molecular weight excluding hydrogens is 479 g/mol. The number of carbonyl (C=O) groups excluding carboxylic acids is 1. The Morgan fingerprint density at radius 1 is 1.24 bits per heavy atom. The molecule has 0 aliphatic carbocycles. The maximum absolute atomic E-state index is 12.2. The van der Waals surface area contributed by atoms with Crippen LogP contribution in [0.5, 0.6) is 0 Å². The summed E-state index contributed by atoms with van der Waals surface area (Å²) in [5, 5.41) is 6.21. The third-order valence-electron chi connectivity index (χ3n) is 3.96. The molecule has 0 spiro atoms. The number of benzene rings is 1. The van der Waals surface area contributed by atoms with Crippen LogP contribution in [0.15, 0.2) is 47.7 Å². The van der Waals surface area contributed by atoms with E-state index in [9.17, 15) is 4.79 Å². The van der Waals surface area contributed by atoms with Gasteiger partial charge in [-0.3, -0.25) is 4.79 Å². The number of aromatic nitrogens is 2. The molecule has 2 aromatic rings. The van der Waals surface area contributed by atoms with Gasteiger partial charge in [-0.2, -0.15) is 0 Å². The van der Waals surface area contributed by atoms with Gasteiger partial charge >= 0.3 is 0 Å². The fourth-order valence-electron chi connectivity index (χ4n) is 2.78. The zero-order valence-electron chi connectivity index (χ0n) is 18.0. The van der Waals surface area contributed by atoms with Gasteiger partial charge in [-0.1, -0.05) is 30.3 Å². The number of aliphatic imine (C=N–C) groups is 1. The minimum absolute atomic E-state index is 0. The molecule has 0 radical (unpaired) electrons. The first-order valence-corrected chi connectivity index (χ1v) is 9.63. The molecule has 0 fully saturated rings. The van der Waals surface area contributed by atoms with Gasteiger partial charge < -0.3 is 20.1 Å². The van der Waals surface area contributed by atoms with Crippen molar-refractivity contribution in [3.8, 4) is 0 Å². The van der Waals surface area contributed by atoms with E-state index in [1.165, 1.54) is 5.56 Å². The Balaban J connectivity index is 0.00000420. The summed E-state index contributed by atoms with van der Waals surface area (Å²) in [6, 6.07) is 10.3. The molecule has 0 atom stereocenters. The van der Waals surface area contributed by atoms with Gasteiger partial charge in [0.15, 0.2) is 5.96 Å². The first-order valence-electron chi connectivity index (χ1n) is 9.63.